The molecule has 114 valence electrons. The molecule has 3 nitrogen and oxygen atoms in total. The van der Waals surface area contributed by atoms with Crippen molar-refractivity contribution in [1.29, 1.82) is 5.26 Å². The summed E-state index contributed by atoms with van der Waals surface area (Å²) in [6, 6.07) is 20.9. The third-order valence-corrected chi connectivity index (χ3v) is 3.59. The summed E-state index contributed by atoms with van der Waals surface area (Å²) in [5.74, 6) is 0. The van der Waals surface area contributed by atoms with E-state index in [4.69, 9.17) is 5.26 Å². The van der Waals surface area contributed by atoms with E-state index in [-0.39, 0.29) is 0 Å². The first-order valence-electron chi connectivity index (χ1n) is 7.58. The molecule has 0 amide bonds. The van der Waals surface area contributed by atoms with Crippen molar-refractivity contribution in [3.63, 3.8) is 0 Å². The number of nitrogens with zero attached hydrogens (tertiary/aromatic N) is 2. The first-order chi connectivity index (χ1) is 10.7. The molecule has 0 radical (unpaired) electrons. The summed E-state index contributed by atoms with van der Waals surface area (Å²) in [6.07, 6.45) is 1.01. The van der Waals surface area contributed by atoms with Crippen molar-refractivity contribution in [1.82, 2.24) is 10.2 Å². The molecule has 2 aromatic carbocycles. The molecular formula is C19H23N3. The van der Waals surface area contributed by atoms with Gasteiger partial charge in [-0.3, -0.25) is 0 Å². The summed E-state index contributed by atoms with van der Waals surface area (Å²) in [5, 5.41) is 12.5. The van der Waals surface area contributed by atoms with Gasteiger partial charge < -0.3 is 10.2 Å². The van der Waals surface area contributed by atoms with Crippen molar-refractivity contribution < 1.29 is 0 Å². The Labute approximate surface area is 133 Å². The van der Waals surface area contributed by atoms with Crippen LogP contribution in [0, 0.1) is 11.3 Å². The lowest BCUT2D eigenvalue weighted by atomic mass is 10.0. The van der Waals surface area contributed by atoms with Crippen LogP contribution in [0.4, 0.5) is 0 Å². The lowest BCUT2D eigenvalue weighted by molar-refractivity contribution is 0.334. The van der Waals surface area contributed by atoms with Gasteiger partial charge in [-0.05, 0) is 43.8 Å². The van der Waals surface area contributed by atoms with Gasteiger partial charge in [-0.25, -0.2) is 0 Å². The Morgan fingerprint density at radius 1 is 1.00 bits per heavy atom. The van der Waals surface area contributed by atoms with E-state index in [1.807, 2.05) is 24.3 Å². The Morgan fingerprint density at radius 2 is 1.68 bits per heavy atom. The second-order valence-corrected chi connectivity index (χ2v) is 5.84. The molecule has 0 fully saturated rings. The molecule has 0 aliphatic carbocycles. The zero-order valence-electron chi connectivity index (χ0n) is 13.3. The Kier molecular flexibility index (Phi) is 6.14. The molecular weight excluding hydrogens is 270 g/mol. The lowest BCUT2D eigenvalue weighted by Crippen LogP contribution is -2.39. The van der Waals surface area contributed by atoms with Crippen LogP contribution in [0.5, 0.6) is 0 Å². The summed E-state index contributed by atoms with van der Waals surface area (Å²) in [5.41, 5.74) is 3.26. The maximum atomic E-state index is 8.84. The first-order valence-corrected chi connectivity index (χ1v) is 7.58. The van der Waals surface area contributed by atoms with E-state index in [0.717, 1.165) is 19.5 Å². The van der Waals surface area contributed by atoms with Crippen LogP contribution in [-0.2, 0) is 13.0 Å². The SMILES string of the molecule is CN(C)CC(Cc1ccccc1)NCc1ccc(C#N)cc1. The van der Waals surface area contributed by atoms with Gasteiger partial charge in [0.05, 0.1) is 11.6 Å². The average molecular weight is 293 g/mol. The zero-order chi connectivity index (χ0) is 15.8. The minimum atomic E-state index is 0.396. The van der Waals surface area contributed by atoms with Crippen molar-refractivity contribution in [3.05, 3.63) is 71.3 Å². The summed E-state index contributed by atoms with van der Waals surface area (Å²) < 4.78 is 0. The van der Waals surface area contributed by atoms with Gasteiger partial charge in [0, 0.05) is 19.1 Å². The normalized spacial score (nSPS) is 12.1. The lowest BCUT2D eigenvalue weighted by Gasteiger charge is -2.22. The fourth-order valence-electron chi connectivity index (χ4n) is 2.50. The van der Waals surface area contributed by atoms with Crippen molar-refractivity contribution in [2.45, 2.75) is 19.0 Å². The van der Waals surface area contributed by atoms with Crippen LogP contribution in [0.3, 0.4) is 0 Å². The van der Waals surface area contributed by atoms with Crippen LogP contribution >= 0.6 is 0 Å². The van der Waals surface area contributed by atoms with E-state index in [0.29, 0.717) is 11.6 Å². The molecule has 3 heteroatoms. The standard InChI is InChI=1S/C19H23N3/c1-22(2)15-19(12-16-6-4-3-5-7-16)21-14-18-10-8-17(13-20)9-11-18/h3-11,19,21H,12,14-15H2,1-2H3. The first kappa shape index (κ1) is 16.2. The van der Waals surface area contributed by atoms with Gasteiger partial charge in [0.15, 0.2) is 0 Å². The molecule has 1 atom stereocenters. The van der Waals surface area contributed by atoms with Gasteiger partial charge in [0.2, 0.25) is 0 Å². The maximum absolute atomic E-state index is 8.84. The van der Waals surface area contributed by atoms with E-state index < -0.39 is 0 Å². The Balaban J connectivity index is 1.95. The highest BCUT2D eigenvalue weighted by molar-refractivity contribution is 5.31. The minimum Gasteiger partial charge on any atom is -0.308 e. The maximum Gasteiger partial charge on any atom is 0.0991 e. The smallest absolute Gasteiger partial charge is 0.0991 e. The van der Waals surface area contributed by atoms with Crippen molar-refractivity contribution in [2.24, 2.45) is 0 Å². The number of nitriles is 1. The van der Waals surface area contributed by atoms with Gasteiger partial charge in [0.25, 0.3) is 0 Å². The molecule has 0 spiro atoms. The highest BCUT2D eigenvalue weighted by atomic mass is 15.1. The molecule has 0 aliphatic rings. The molecule has 0 saturated heterocycles. The Morgan fingerprint density at radius 3 is 2.27 bits per heavy atom. The van der Waals surface area contributed by atoms with Gasteiger partial charge in [0.1, 0.15) is 0 Å². The van der Waals surface area contributed by atoms with Crippen LogP contribution in [0.2, 0.25) is 0 Å². The van der Waals surface area contributed by atoms with Gasteiger partial charge in [-0.1, -0.05) is 42.5 Å². The Hall–Kier alpha value is -2.15. The monoisotopic (exact) mass is 293 g/mol. The van der Waals surface area contributed by atoms with Crippen LogP contribution in [0.1, 0.15) is 16.7 Å². The fraction of sp³-hybridized carbons (Fsp3) is 0.316. The summed E-state index contributed by atoms with van der Waals surface area (Å²) >= 11 is 0. The number of hydrogen-bond acceptors (Lipinski definition) is 3. The van der Waals surface area contributed by atoms with Crippen LogP contribution in [0.15, 0.2) is 54.6 Å². The third kappa shape index (κ3) is 5.33. The second-order valence-electron chi connectivity index (χ2n) is 5.84. The average Bonchev–Trinajstić information content (AvgIpc) is 2.53. The van der Waals surface area contributed by atoms with Crippen molar-refractivity contribution in [2.75, 3.05) is 20.6 Å². The third-order valence-electron chi connectivity index (χ3n) is 3.59. The molecule has 1 N–H and O–H groups in total. The van der Waals surface area contributed by atoms with Gasteiger partial charge in [-0.15, -0.1) is 0 Å². The van der Waals surface area contributed by atoms with Crippen LogP contribution < -0.4 is 5.32 Å². The molecule has 1 unspecified atom stereocenters. The summed E-state index contributed by atoms with van der Waals surface area (Å²) in [6.45, 7) is 1.81. The largest absolute Gasteiger partial charge is 0.308 e. The highest BCUT2D eigenvalue weighted by Crippen LogP contribution is 2.07. The number of hydrogen-bond donors (Lipinski definition) is 1. The Bertz CT molecular complexity index is 597. The quantitative estimate of drug-likeness (QED) is 0.853. The van der Waals surface area contributed by atoms with E-state index >= 15 is 0 Å². The number of rotatable bonds is 7. The number of nitrogens with one attached hydrogen (secondary N) is 1. The fourth-order valence-corrected chi connectivity index (χ4v) is 2.50. The molecule has 0 saturated carbocycles. The summed E-state index contributed by atoms with van der Waals surface area (Å²) in [7, 11) is 4.20. The second kappa shape index (κ2) is 8.33. The molecule has 0 aromatic heterocycles. The predicted octanol–water partition coefficient (Wildman–Crippen LogP) is 2.82. The van der Waals surface area contributed by atoms with Gasteiger partial charge >= 0.3 is 0 Å². The van der Waals surface area contributed by atoms with E-state index in [1.54, 1.807) is 0 Å². The van der Waals surface area contributed by atoms with E-state index in [9.17, 15) is 0 Å². The highest BCUT2D eigenvalue weighted by Gasteiger charge is 2.10. The van der Waals surface area contributed by atoms with Crippen molar-refractivity contribution in [3.8, 4) is 6.07 Å². The van der Waals surface area contributed by atoms with Crippen LogP contribution in [-0.4, -0.2) is 31.6 Å². The number of benzene rings is 2. The number of likely N-dealkylation sites (N-methyl/N-ethyl adjacent to an activating group) is 1. The minimum absolute atomic E-state index is 0.396. The zero-order valence-corrected chi connectivity index (χ0v) is 13.3. The molecule has 2 rings (SSSR count). The van der Waals surface area contributed by atoms with Crippen molar-refractivity contribution >= 4 is 0 Å². The predicted molar refractivity (Wildman–Crippen MR) is 90.5 cm³/mol. The topological polar surface area (TPSA) is 39.1 Å². The molecule has 0 heterocycles. The summed E-state index contributed by atoms with van der Waals surface area (Å²) in [4.78, 5) is 2.21. The molecule has 0 bridgehead atoms. The van der Waals surface area contributed by atoms with Gasteiger partial charge in [-0.2, -0.15) is 5.26 Å². The molecule has 22 heavy (non-hydrogen) atoms. The van der Waals surface area contributed by atoms with E-state index in [1.165, 1.54) is 11.1 Å². The molecule has 0 aliphatic heterocycles. The molecule has 2 aromatic rings. The van der Waals surface area contributed by atoms with Crippen LogP contribution in [0.25, 0.3) is 0 Å². The van der Waals surface area contributed by atoms with E-state index in [2.05, 4.69) is 60.7 Å².